The van der Waals surface area contributed by atoms with Gasteiger partial charge in [-0.1, -0.05) is 30.3 Å². The maximum absolute atomic E-state index is 12.8. The first kappa shape index (κ1) is 26.2. The Labute approximate surface area is 206 Å². The average Bonchev–Trinajstić information content (AvgIpc) is 3.19. The SMILES string of the molecule is N[C@@H](CCC(=O)O)C(=O)N[C@@H](Cc1ccc(N=Nc2ccccc2)cc1)C(=O)ON1C(=O)CCC1=O. The maximum atomic E-state index is 12.8. The Balaban J connectivity index is 1.71. The van der Waals surface area contributed by atoms with E-state index in [2.05, 4.69) is 15.5 Å². The fraction of sp³-hybridized carbons (Fsp3) is 0.292. The summed E-state index contributed by atoms with van der Waals surface area (Å²) in [6.07, 6.45) is -0.695. The summed E-state index contributed by atoms with van der Waals surface area (Å²) in [5.41, 5.74) is 7.58. The van der Waals surface area contributed by atoms with Crippen molar-refractivity contribution in [2.24, 2.45) is 16.0 Å². The van der Waals surface area contributed by atoms with Gasteiger partial charge in [-0.05, 0) is 36.2 Å². The van der Waals surface area contributed by atoms with E-state index in [0.29, 0.717) is 22.0 Å². The first-order valence-corrected chi connectivity index (χ1v) is 11.1. The maximum Gasteiger partial charge on any atom is 0.355 e. The van der Waals surface area contributed by atoms with Gasteiger partial charge >= 0.3 is 11.9 Å². The lowest BCUT2D eigenvalue weighted by Gasteiger charge is -2.21. The van der Waals surface area contributed by atoms with Gasteiger partial charge in [-0.3, -0.25) is 19.2 Å². The van der Waals surface area contributed by atoms with Crippen LogP contribution in [0.3, 0.4) is 0 Å². The van der Waals surface area contributed by atoms with Crippen LogP contribution in [0.15, 0.2) is 64.8 Å². The third-order valence-corrected chi connectivity index (χ3v) is 5.21. The number of amides is 3. The second kappa shape index (κ2) is 12.3. The van der Waals surface area contributed by atoms with Gasteiger partial charge in [0.1, 0.15) is 6.04 Å². The first-order chi connectivity index (χ1) is 17.2. The molecule has 3 rings (SSSR count). The molecule has 3 amide bonds. The summed E-state index contributed by atoms with van der Waals surface area (Å²) in [4.78, 5) is 64.7. The van der Waals surface area contributed by atoms with E-state index in [9.17, 15) is 24.0 Å². The van der Waals surface area contributed by atoms with Crippen LogP contribution in [0.5, 0.6) is 0 Å². The summed E-state index contributed by atoms with van der Waals surface area (Å²) in [5, 5.41) is 19.9. The van der Waals surface area contributed by atoms with Crippen LogP contribution >= 0.6 is 0 Å². The summed E-state index contributed by atoms with van der Waals surface area (Å²) in [5.74, 6) is -4.25. The predicted octanol–water partition coefficient (Wildman–Crippen LogP) is 1.93. The molecule has 1 saturated heterocycles. The minimum absolute atomic E-state index is 0.0530. The number of benzene rings is 2. The summed E-state index contributed by atoms with van der Waals surface area (Å²) < 4.78 is 0. The number of hydrogen-bond donors (Lipinski definition) is 3. The van der Waals surface area contributed by atoms with Crippen molar-refractivity contribution in [1.82, 2.24) is 10.4 Å². The van der Waals surface area contributed by atoms with Gasteiger partial charge in [-0.2, -0.15) is 10.2 Å². The third-order valence-electron chi connectivity index (χ3n) is 5.21. The Morgan fingerprint density at radius 1 is 0.972 bits per heavy atom. The lowest BCUT2D eigenvalue weighted by molar-refractivity contribution is -0.199. The molecule has 1 fully saturated rings. The minimum Gasteiger partial charge on any atom is -0.481 e. The number of azo groups is 1. The Hall–Kier alpha value is -4.45. The van der Waals surface area contributed by atoms with Gasteiger partial charge in [-0.15, -0.1) is 5.06 Å². The van der Waals surface area contributed by atoms with Crippen LogP contribution in [0.25, 0.3) is 0 Å². The summed E-state index contributed by atoms with van der Waals surface area (Å²) in [6.45, 7) is 0. The third kappa shape index (κ3) is 7.53. The Morgan fingerprint density at radius 3 is 2.14 bits per heavy atom. The monoisotopic (exact) mass is 495 g/mol. The number of aliphatic carboxylic acids is 1. The summed E-state index contributed by atoms with van der Waals surface area (Å²) in [7, 11) is 0. The van der Waals surface area contributed by atoms with Gasteiger partial charge in [0, 0.05) is 25.7 Å². The van der Waals surface area contributed by atoms with Gasteiger partial charge in [-0.25, -0.2) is 4.79 Å². The van der Waals surface area contributed by atoms with Gasteiger partial charge in [0.05, 0.1) is 17.4 Å². The number of imide groups is 1. The van der Waals surface area contributed by atoms with E-state index in [1.807, 2.05) is 18.2 Å². The summed E-state index contributed by atoms with van der Waals surface area (Å²) in [6, 6.07) is 13.3. The molecule has 0 saturated carbocycles. The van der Waals surface area contributed by atoms with E-state index in [0.717, 1.165) is 0 Å². The number of carbonyl (C=O) groups is 5. The molecule has 4 N–H and O–H groups in total. The van der Waals surface area contributed by atoms with Crippen molar-refractivity contribution < 1.29 is 33.9 Å². The fourth-order valence-corrected chi connectivity index (χ4v) is 3.24. The molecular weight excluding hydrogens is 470 g/mol. The van der Waals surface area contributed by atoms with E-state index in [1.165, 1.54) is 0 Å². The molecule has 0 aliphatic carbocycles. The molecule has 36 heavy (non-hydrogen) atoms. The second-order valence-electron chi connectivity index (χ2n) is 8.00. The van der Waals surface area contributed by atoms with E-state index in [4.69, 9.17) is 15.7 Å². The molecule has 2 aromatic carbocycles. The first-order valence-electron chi connectivity index (χ1n) is 11.1. The highest BCUT2D eigenvalue weighted by Gasteiger charge is 2.35. The van der Waals surface area contributed by atoms with Gasteiger partial charge < -0.3 is 21.0 Å². The average molecular weight is 495 g/mol. The number of hydroxylamine groups is 2. The van der Waals surface area contributed by atoms with Crippen molar-refractivity contribution in [3.05, 3.63) is 60.2 Å². The van der Waals surface area contributed by atoms with Crippen molar-refractivity contribution in [3.63, 3.8) is 0 Å². The van der Waals surface area contributed by atoms with Crippen molar-refractivity contribution in [3.8, 4) is 0 Å². The Morgan fingerprint density at radius 2 is 1.56 bits per heavy atom. The van der Waals surface area contributed by atoms with Crippen molar-refractivity contribution in [1.29, 1.82) is 0 Å². The molecule has 1 aliphatic rings. The molecule has 1 heterocycles. The molecule has 12 nitrogen and oxygen atoms in total. The molecule has 0 spiro atoms. The molecule has 188 valence electrons. The molecule has 0 bridgehead atoms. The van der Waals surface area contributed by atoms with Crippen molar-refractivity contribution >= 4 is 41.0 Å². The lowest BCUT2D eigenvalue weighted by atomic mass is 10.0. The number of rotatable bonds is 11. The molecule has 0 aromatic heterocycles. The number of nitrogens with one attached hydrogen (secondary N) is 1. The molecule has 0 unspecified atom stereocenters. The number of carbonyl (C=O) groups excluding carboxylic acids is 4. The van der Waals surface area contributed by atoms with Gasteiger partial charge in [0.2, 0.25) is 5.91 Å². The van der Waals surface area contributed by atoms with Crippen LogP contribution in [0.4, 0.5) is 11.4 Å². The molecule has 12 heteroatoms. The second-order valence-corrected chi connectivity index (χ2v) is 8.00. The number of carboxylic acids is 1. The van der Waals surface area contributed by atoms with Gasteiger partial charge in [0.15, 0.2) is 0 Å². The van der Waals surface area contributed by atoms with E-state index >= 15 is 0 Å². The number of carboxylic acid groups (broad SMARTS) is 1. The van der Waals surface area contributed by atoms with Crippen LogP contribution < -0.4 is 11.1 Å². The highest BCUT2D eigenvalue weighted by Crippen LogP contribution is 2.19. The lowest BCUT2D eigenvalue weighted by Crippen LogP contribution is -2.51. The van der Waals surface area contributed by atoms with Crippen LogP contribution in [0.2, 0.25) is 0 Å². The molecule has 1 aliphatic heterocycles. The predicted molar refractivity (Wildman–Crippen MR) is 125 cm³/mol. The van der Waals surface area contributed by atoms with Crippen LogP contribution in [-0.4, -0.2) is 51.9 Å². The smallest absolute Gasteiger partial charge is 0.355 e. The quantitative estimate of drug-likeness (QED) is 0.312. The van der Waals surface area contributed by atoms with E-state index in [1.54, 1.807) is 36.4 Å². The molecule has 2 atom stereocenters. The molecule has 2 aromatic rings. The normalized spacial score (nSPS) is 15.1. The van der Waals surface area contributed by atoms with Crippen LogP contribution in [0, 0.1) is 0 Å². The minimum atomic E-state index is -1.30. The number of nitrogens with zero attached hydrogens (tertiary/aromatic N) is 3. The highest BCUT2D eigenvalue weighted by molar-refractivity contribution is 6.02. The highest BCUT2D eigenvalue weighted by atomic mass is 16.7. The topological polar surface area (TPSA) is 181 Å². The zero-order chi connectivity index (χ0) is 26.1. The number of nitrogens with two attached hydrogens (primary N) is 1. The van der Waals surface area contributed by atoms with Crippen molar-refractivity contribution in [2.45, 2.75) is 44.2 Å². The van der Waals surface area contributed by atoms with Crippen LogP contribution in [-0.2, 0) is 35.2 Å². The van der Waals surface area contributed by atoms with E-state index in [-0.39, 0.29) is 32.1 Å². The zero-order valence-electron chi connectivity index (χ0n) is 19.2. The Kier molecular flexibility index (Phi) is 8.95. The summed E-state index contributed by atoms with van der Waals surface area (Å²) >= 11 is 0. The zero-order valence-corrected chi connectivity index (χ0v) is 19.2. The standard InChI is InChI=1S/C24H25N5O7/c25-18(10-13-22(32)33)23(34)26-19(24(35)36-29-20(30)11-12-21(29)31)14-15-6-8-17(9-7-15)28-27-16-4-2-1-3-5-16/h1-9,18-19H,10-14,25H2,(H,26,34)(H,32,33)/t18-,19-/m0/s1. The number of hydrogen-bond acceptors (Lipinski definition) is 9. The van der Waals surface area contributed by atoms with E-state index < -0.39 is 41.7 Å². The fourth-order valence-electron chi connectivity index (χ4n) is 3.24. The molecular formula is C24H25N5O7. The van der Waals surface area contributed by atoms with Crippen LogP contribution in [0.1, 0.15) is 31.2 Å². The Bertz CT molecular complexity index is 1140. The van der Waals surface area contributed by atoms with Crippen molar-refractivity contribution in [2.75, 3.05) is 0 Å². The largest absolute Gasteiger partial charge is 0.481 e. The van der Waals surface area contributed by atoms with Gasteiger partial charge in [0.25, 0.3) is 11.8 Å². The molecule has 0 radical (unpaired) electrons.